The second-order valence-electron chi connectivity index (χ2n) is 4.51. The van der Waals surface area contributed by atoms with Crippen LogP contribution in [-0.4, -0.2) is 23.5 Å². The number of carboxylic acids is 1. The number of hydrogen-bond donors (Lipinski definition) is 2. The molecule has 0 heterocycles. The van der Waals surface area contributed by atoms with Crippen molar-refractivity contribution in [2.75, 3.05) is 6.54 Å². The number of halogens is 3. The van der Waals surface area contributed by atoms with E-state index in [1.54, 1.807) is 0 Å². The molecule has 0 bridgehead atoms. The summed E-state index contributed by atoms with van der Waals surface area (Å²) >= 11 is 0. The molecule has 1 aromatic carbocycles. The van der Waals surface area contributed by atoms with Crippen LogP contribution in [0, 0.1) is 22.9 Å². The first-order valence-electron chi connectivity index (χ1n) is 5.52. The predicted octanol–water partition coefficient (Wildman–Crippen LogP) is 1.70. The summed E-state index contributed by atoms with van der Waals surface area (Å²) in [4.78, 5) is 22.5. The summed E-state index contributed by atoms with van der Waals surface area (Å²) < 4.78 is 39.3. The Kier molecular flexibility index (Phi) is 3.21. The number of carbonyl (C=O) groups is 2. The van der Waals surface area contributed by atoms with Crippen LogP contribution in [0.3, 0.4) is 0 Å². The van der Waals surface area contributed by atoms with Crippen LogP contribution in [0.4, 0.5) is 13.2 Å². The van der Waals surface area contributed by atoms with Crippen molar-refractivity contribution >= 4 is 11.9 Å². The maximum atomic E-state index is 13.3. The third kappa shape index (κ3) is 2.54. The van der Waals surface area contributed by atoms with E-state index in [-0.39, 0.29) is 6.54 Å². The van der Waals surface area contributed by atoms with Crippen molar-refractivity contribution in [2.45, 2.75) is 12.8 Å². The van der Waals surface area contributed by atoms with E-state index in [1.165, 1.54) is 0 Å². The van der Waals surface area contributed by atoms with Gasteiger partial charge < -0.3 is 10.4 Å². The first kappa shape index (κ1) is 13.4. The highest BCUT2D eigenvalue weighted by Crippen LogP contribution is 2.45. The van der Waals surface area contributed by atoms with Gasteiger partial charge in [0.05, 0.1) is 5.41 Å². The van der Waals surface area contributed by atoms with Crippen LogP contribution in [0.15, 0.2) is 12.1 Å². The first-order valence-corrected chi connectivity index (χ1v) is 5.52. The Labute approximate surface area is 106 Å². The molecule has 0 aliphatic heterocycles. The zero-order valence-electron chi connectivity index (χ0n) is 9.67. The minimum absolute atomic E-state index is 0.211. The number of amides is 1. The monoisotopic (exact) mass is 273 g/mol. The van der Waals surface area contributed by atoms with Crippen molar-refractivity contribution in [1.82, 2.24) is 5.32 Å². The third-order valence-corrected chi connectivity index (χ3v) is 3.13. The lowest BCUT2D eigenvalue weighted by Crippen LogP contribution is -2.35. The summed E-state index contributed by atoms with van der Waals surface area (Å²) in [5.74, 6) is -5.93. The summed E-state index contributed by atoms with van der Waals surface area (Å²) in [6.45, 7) is -0.211. The second-order valence-corrected chi connectivity index (χ2v) is 4.51. The number of aliphatic carboxylic acids is 1. The van der Waals surface area contributed by atoms with Gasteiger partial charge in [0.15, 0.2) is 0 Å². The molecule has 1 aromatic rings. The molecule has 4 nitrogen and oxygen atoms in total. The molecule has 0 aromatic heterocycles. The van der Waals surface area contributed by atoms with Gasteiger partial charge in [-0.3, -0.25) is 9.59 Å². The van der Waals surface area contributed by atoms with E-state index in [2.05, 4.69) is 5.32 Å². The van der Waals surface area contributed by atoms with E-state index in [1.807, 2.05) is 0 Å². The molecule has 102 valence electrons. The second kappa shape index (κ2) is 4.56. The van der Waals surface area contributed by atoms with Gasteiger partial charge in [-0.2, -0.15) is 0 Å². The molecular weight excluding hydrogens is 263 g/mol. The van der Waals surface area contributed by atoms with Gasteiger partial charge >= 0.3 is 5.97 Å². The number of hydrogen-bond acceptors (Lipinski definition) is 2. The maximum Gasteiger partial charge on any atom is 0.311 e. The molecule has 1 fully saturated rings. The average Bonchev–Trinajstić information content (AvgIpc) is 3.05. The third-order valence-electron chi connectivity index (χ3n) is 3.13. The van der Waals surface area contributed by atoms with Gasteiger partial charge in [-0.1, -0.05) is 0 Å². The minimum Gasteiger partial charge on any atom is -0.481 e. The lowest BCUT2D eigenvalue weighted by Gasteiger charge is -2.11. The van der Waals surface area contributed by atoms with Gasteiger partial charge in [0.1, 0.15) is 23.0 Å². The van der Waals surface area contributed by atoms with Gasteiger partial charge in [-0.15, -0.1) is 0 Å². The smallest absolute Gasteiger partial charge is 0.311 e. The Morgan fingerprint density at radius 3 is 2.16 bits per heavy atom. The molecule has 1 aliphatic carbocycles. The van der Waals surface area contributed by atoms with Gasteiger partial charge in [0, 0.05) is 18.7 Å². The minimum atomic E-state index is -1.32. The van der Waals surface area contributed by atoms with E-state index in [4.69, 9.17) is 5.11 Å². The molecule has 0 unspecified atom stereocenters. The lowest BCUT2D eigenvalue weighted by atomic mass is 10.1. The highest BCUT2D eigenvalue weighted by atomic mass is 19.1. The molecule has 1 amide bonds. The molecular formula is C12H10F3NO3. The maximum absolute atomic E-state index is 13.3. The zero-order chi connectivity index (χ0) is 14.2. The Balaban J connectivity index is 2.11. The van der Waals surface area contributed by atoms with Crippen molar-refractivity contribution in [2.24, 2.45) is 5.41 Å². The molecule has 0 saturated heterocycles. The van der Waals surface area contributed by atoms with Gasteiger partial charge in [0.25, 0.3) is 5.91 Å². The van der Waals surface area contributed by atoms with Crippen molar-refractivity contribution in [3.8, 4) is 0 Å². The molecule has 1 aliphatic rings. The highest BCUT2D eigenvalue weighted by Gasteiger charge is 2.50. The summed E-state index contributed by atoms with van der Waals surface area (Å²) in [5.41, 5.74) is -1.95. The topological polar surface area (TPSA) is 66.4 Å². The van der Waals surface area contributed by atoms with Gasteiger partial charge in [0.2, 0.25) is 0 Å². The normalized spacial score (nSPS) is 15.9. The van der Waals surface area contributed by atoms with E-state index in [0.717, 1.165) is 0 Å². The lowest BCUT2D eigenvalue weighted by molar-refractivity contribution is -0.143. The molecule has 2 N–H and O–H groups in total. The van der Waals surface area contributed by atoms with Crippen molar-refractivity contribution < 1.29 is 27.9 Å². The van der Waals surface area contributed by atoms with Crippen LogP contribution in [-0.2, 0) is 4.79 Å². The summed E-state index contributed by atoms with van der Waals surface area (Å²) in [7, 11) is 0. The van der Waals surface area contributed by atoms with Crippen LogP contribution in [0.25, 0.3) is 0 Å². The van der Waals surface area contributed by atoms with Crippen molar-refractivity contribution in [1.29, 1.82) is 0 Å². The SMILES string of the molecule is O=C(NCC1(C(=O)O)CC1)c1c(F)cc(F)cc1F. The Morgan fingerprint density at radius 1 is 1.21 bits per heavy atom. The fourth-order valence-electron chi connectivity index (χ4n) is 1.71. The van der Waals surface area contributed by atoms with Gasteiger partial charge in [-0.25, -0.2) is 13.2 Å². The number of carbonyl (C=O) groups excluding carboxylic acids is 1. The zero-order valence-corrected chi connectivity index (χ0v) is 9.67. The largest absolute Gasteiger partial charge is 0.481 e. The summed E-state index contributed by atoms with van der Waals surface area (Å²) in [5, 5.41) is 11.0. The Bertz CT molecular complexity index is 532. The number of benzene rings is 1. The molecule has 0 spiro atoms. The highest BCUT2D eigenvalue weighted by molar-refractivity contribution is 5.95. The molecule has 2 rings (SSSR count). The van der Waals surface area contributed by atoms with Crippen molar-refractivity contribution in [3.05, 3.63) is 35.1 Å². The number of carboxylic acid groups (broad SMARTS) is 1. The fraction of sp³-hybridized carbons (Fsp3) is 0.333. The van der Waals surface area contributed by atoms with Crippen LogP contribution in [0.2, 0.25) is 0 Å². The van der Waals surface area contributed by atoms with E-state index >= 15 is 0 Å². The summed E-state index contributed by atoms with van der Waals surface area (Å²) in [6, 6.07) is 0.782. The van der Waals surface area contributed by atoms with E-state index in [0.29, 0.717) is 25.0 Å². The quantitative estimate of drug-likeness (QED) is 0.877. The van der Waals surface area contributed by atoms with Crippen LogP contribution >= 0.6 is 0 Å². The predicted molar refractivity (Wildman–Crippen MR) is 58.0 cm³/mol. The molecule has 1 saturated carbocycles. The number of rotatable bonds is 4. The first-order chi connectivity index (χ1) is 8.85. The summed E-state index contributed by atoms with van der Waals surface area (Å²) in [6.07, 6.45) is 0.800. The number of nitrogens with one attached hydrogen (secondary N) is 1. The van der Waals surface area contributed by atoms with Gasteiger partial charge in [-0.05, 0) is 12.8 Å². The van der Waals surface area contributed by atoms with Crippen molar-refractivity contribution in [3.63, 3.8) is 0 Å². The van der Waals surface area contributed by atoms with Crippen LogP contribution < -0.4 is 5.32 Å². The Morgan fingerprint density at radius 2 is 1.74 bits per heavy atom. The standard InChI is InChI=1S/C12H10F3NO3/c13-6-3-7(14)9(8(15)4-6)10(17)16-5-12(1-2-12)11(18)19/h3-4H,1-2,5H2,(H,16,17)(H,18,19). The Hall–Kier alpha value is -2.05. The molecule has 7 heteroatoms. The average molecular weight is 273 g/mol. The van der Waals surface area contributed by atoms with Crippen LogP contribution in [0.1, 0.15) is 23.2 Å². The van der Waals surface area contributed by atoms with Crippen LogP contribution in [0.5, 0.6) is 0 Å². The molecule has 19 heavy (non-hydrogen) atoms. The van der Waals surface area contributed by atoms with E-state index in [9.17, 15) is 22.8 Å². The molecule has 0 atom stereocenters. The molecule has 0 radical (unpaired) electrons. The van der Waals surface area contributed by atoms with E-state index < -0.39 is 40.3 Å². The fourth-order valence-corrected chi connectivity index (χ4v) is 1.71.